The van der Waals surface area contributed by atoms with Crippen molar-refractivity contribution in [3.8, 4) is 0 Å². The molecule has 2 aromatic heterocycles. The fraction of sp³-hybridized carbons (Fsp3) is 0.333. The van der Waals surface area contributed by atoms with Gasteiger partial charge in [0.2, 0.25) is 0 Å². The Labute approximate surface area is 108 Å². The molecule has 0 fully saturated rings. The Balaban J connectivity index is 2.31. The topological polar surface area (TPSA) is 98.2 Å². The van der Waals surface area contributed by atoms with Crippen LogP contribution in [0.5, 0.6) is 0 Å². The minimum Gasteiger partial charge on any atom is -0.476 e. The summed E-state index contributed by atoms with van der Waals surface area (Å²) in [7, 11) is 0. The van der Waals surface area contributed by atoms with Crippen molar-refractivity contribution in [2.45, 2.75) is 27.3 Å². The number of carboxylic acids is 1. The number of hydrogen-bond donors (Lipinski definition) is 1. The van der Waals surface area contributed by atoms with E-state index >= 15 is 0 Å². The Bertz CT molecular complexity index is 654. The zero-order valence-electron chi connectivity index (χ0n) is 10.8. The lowest BCUT2D eigenvalue weighted by Crippen LogP contribution is -2.04. The molecule has 0 aliphatic rings. The first-order valence-corrected chi connectivity index (χ1v) is 5.64. The Morgan fingerprint density at radius 3 is 2.58 bits per heavy atom. The highest BCUT2D eigenvalue weighted by Crippen LogP contribution is 2.15. The van der Waals surface area contributed by atoms with Crippen LogP contribution in [0.25, 0.3) is 0 Å². The van der Waals surface area contributed by atoms with Gasteiger partial charge in [0.05, 0.1) is 11.3 Å². The maximum Gasteiger partial charge on any atom is 0.358 e. The maximum atomic E-state index is 11.5. The van der Waals surface area contributed by atoms with E-state index < -0.39 is 5.97 Å². The van der Waals surface area contributed by atoms with Crippen molar-refractivity contribution < 1.29 is 19.2 Å². The fourth-order valence-electron chi connectivity index (χ4n) is 2.00. The van der Waals surface area contributed by atoms with Crippen LogP contribution in [0.1, 0.15) is 44.9 Å². The molecule has 2 heterocycles. The second kappa shape index (κ2) is 4.68. The smallest absolute Gasteiger partial charge is 0.358 e. The first-order valence-electron chi connectivity index (χ1n) is 5.64. The van der Waals surface area contributed by atoms with Crippen molar-refractivity contribution in [3.63, 3.8) is 0 Å². The fourth-order valence-corrected chi connectivity index (χ4v) is 2.00. The first-order chi connectivity index (χ1) is 8.90. The lowest BCUT2D eigenvalue weighted by Gasteiger charge is -2.00. The SMILES string of the molecule is CC(=O)c1c(C)nn(Cc2cc(C(=O)O)no2)c1C. The van der Waals surface area contributed by atoms with Gasteiger partial charge in [0.1, 0.15) is 6.54 Å². The molecule has 7 heteroatoms. The molecule has 0 aliphatic carbocycles. The van der Waals surface area contributed by atoms with Crippen LogP contribution in [0.3, 0.4) is 0 Å². The van der Waals surface area contributed by atoms with E-state index in [2.05, 4.69) is 10.3 Å². The van der Waals surface area contributed by atoms with Crippen LogP contribution in [0.15, 0.2) is 10.6 Å². The highest BCUT2D eigenvalue weighted by Gasteiger charge is 2.17. The summed E-state index contributed by atoms with van der Waals surface area (Å²) in [5, 5.41) is 16.4. The molecule has 0 aliphatic heterocycles. The Morgan fingerprint density at radius 2 is 2.11 bits per heavy atom. The molecule has 0 saturated carbocycles. The molecule has 0 bridgehead atoms. The third-order valence-corrected chi connectivity index (χ3v) is 2.82. The quantitative estimate of drug-likeness (QED) is 0.838. The van der Waals surface area contributed by atoms with Crippen molar-refractivity contribution in [2.24, 2.45) is 0 Å². The lowest BCUT2D eigenvalue weighted by molar-refractivity contribution is 0.0685. The number of carbonyl (C=O) groups excluding carboxylic acids is 1. The lowest BCUT2D eigenvalue weighted by atomic mass is 10.1. The Hall–Kier alpha value is -2.44. The van der Waals surface area contributed by atoms with Crippen LogP contribution >= 0.6 is 0 Å². The number of nitrogens with zero attached hydrogens (tertiary/aromatic N) is 3. The monoisotopic (exact) mass is 263 g/mol. The molecule has 19 heavy (non-hydrogen) atoms. The molecule has 0 aromatic carbocycles. The normalized spacial score (nSPS) is 10.7. The van der Waals surface area contributed by atoms with Gasteiger partial charge >= 0.3 is 5.97 Å². The predicted octanol–water partition coefficient (Wildman–Crippen LogP) is 1.44. The van der Waals surface area contributed by atoms with E-state index in [1.807, 2.05) is 0 Å². The zero-order chi connectivity index (χ0) is 14.2. The van der Waals surface area contributed by atoms with Gasteiger partial charge in [-0.25, -0.2) is 4.79 Å². The number of carbonyl (C=O) groups is 2. The van der Waals surface area contributed by atoms with Crippen LogP contribution in [-0.4, -0.2) is 31.8 Å². The number of Topliss-reactive ketones (excluding diaryl/α,β-unsaturated/α-hetero) is 1. The molecule has 7 nitrogen and oxygen atoms in total. The van der Waals surface area contributed by atoms with Crippen molar-refractivity contribution in [3.05, 3.63) is 34.5 Å². The molecule has 0 atom stereocenters. The Kier molecular flexibility index (Phi) is 3.20. The molecule has 0 saturated heterocycles. The summed E-state index contributed by atoms with van der Waals surface area (Å²) in [4.78, 5) is 22.2. The molecular formula is C12H13N3O4. The number of aromatic nitrogens is 3. The molecule has 2 aromatic rings. The van der Waals surface area contributed by atoms with Gasteiger partial charge in [0.25, 0.3) is 0 Å². The van der Waals surface area contributed by atoms with Crippen LogP contribution in [0.2, 0.25) is 0 Å². The van der Waals surface area contributed by atoms with Crippen molar-refractivity contribution in [1.82, 2.24) is 14.9 Å². The number of rotatable bonds is 4. The largest absolute Gasteiger partial charge is 0.476 e. The summed E-state index contributed by atoms with van der Waals surface area (Å²) >= 11 is 0. The average Bonchev–Trinajstić information content (AvgIpc) is 2.85. The minimum atomic E-state index is -1.15. The van der Waals surface area contributed by atoms with Crippen molar-refractivity contribution >= 4 is 11.8 Å². The summed E-state index contributed by atoms with van der Waals surface area (Å²) in [5.41, 5.74) is 1.79. The van der Waals surface area contributed by atoms with Gasteiger partial charge in [-0.2, -0.15) is 5.10 Å². The van der Waals surface area contributed by atoms with Crippen LogP contribution < -0.4 is 0 Å². The van der Waals surface area contributed by atoms with Crippen LogP contribution in [0.4, 0.5) is 0 Å². The van der Waals surface area contributed by atoms with Crippen LogP contribution in [0, 0.1) is 13.8 Å². The molecule has 0 amide bonds. The average molecular weight is 263 g/mol. The number of aromatic carboxylic acids is 1. The van der Waals surface area contributed by atoms with Crippen molar-refractivity contribution in [1.29, 1.82) is 0 Å². The standard InChI is InChI=1S/C12H13N3O4/c1-6-11(8(3)16)7(2)15(13-6)5-9-4-10(12(17)18)14-19-9/h4H,5H2,1-3H3,(H,17,18). The highest BCUT2D eigenvalue weighted by atomic mass is 16.5. The Morgan fingerprint density at radius 1 is 1.42 bits per heavy atom. The summed E-state index contributed by atoms with van der Waals surface area (Å²) in [6.45, 7) is 5.26. The second-order valence-electron chi connectivity index (χ2n) is 4.24. The molecule has 1 N–H and O–H groups in total. The van der Waals surface area contributed by atoms with Gasteiger partial charge in [-0.15, -0.1) is 0 Å². The van der Waals surface area contributed by atoms with Gasteiger partial charge in [-0.3, -0.25) is 9.48 Å². The number of carboxylic acid groups (broad SMARTS) is 1. The molecule has 0 radical (unpaired) electrons. The van der Waals surface area contributed by atoms with E-state index in [1.165, 1.54) is 13.0 Å². The zero-order valence-corrected chi connectivity index (χ0v) is 10.8. The third kappa shape index (κ3) is 2.40. The molecule has 2 rings (SSSR count). The molecule has 0 spiro atoms. The van der Waals surface area contributed by atoms with E-state index in [9.17, 15) is 9.59 Å². The second-order valence-corrected chi connectivity index (χ2v) is 4.24. The van der Waals surface area contributed by atoms with E-state index in [1.54, 1.807) is 18.5 Å². The number of hydrogen-bond acceptors (Lipinski definition) is 5. The first kappa shape index (κ1) is 13.0. The van der Waals surface area contributed by atoms with E-state index in [-0.39, 0.29) is 18.0 Å². The minimum absolute atomic E-state index is 0.0509. The van der Waals surface area contributed by atoms with Crippen molar-refractivity contribution in [2.75, 3.05) is 0 Å². The van der Waals surface area contributed by atoms with Gasteiger partial charge in [-0.1, -0.05) is 5.16 Å². The van der Waals surface area contributed by atoms with Gasteiger partial charge in [0, 0.05) is 11.8 Å². The van der Waals surface area contributed by atoms with E-state index in [4.69, 9.17) is 9.63 Å². The third-order valence-electron chi connectivity index (χ3n) is 2.82. The predicted molar refractivity (Wildman–Crippen MR) is 64.3 cm³/mol. The summed E-state index contributed by atoms with van der Waals surface area (Å²) in [6, 6.07) is 1.34. The van der Waals surface area contributed by atoms with Gasteiger partial charge < -0.3 is 9.63 Å². The molecular weight excluding hydrogens is 250 g/mol. The summed E-state index contributed by atoms with van der Waals surface area (Å²) < 4.78 is 6.51. The van der Waals surface area contributed by atoms with Crippen LogP contribution in [-0.2, 0) is 6.54 Å². The summed E-state index contributed by atoms with van der Waals surface area (Å²) in [6.07, 6.45) is 0. The number of aryl methyl sites for hydroxylation is 1. The number of ketones is 1. The highest BCUT2D eigenvalue weighted by molar-refractivity contribution is 5.96. The van der Waals surface area contributed by atoms with Gasteiger partial charge in [-0.05, 0) is 20.8 Å². The summed E-state index contributed by atoms with van der Waals surface area (Å²) in [5.74, 6) is -0.823. The van der Waals surface area contributed by atoms with E-state index in [0.29, 0.717) is 17.0 Å². The maximum absolute atomic E-state index is 11.5. The molecule has 100 valence electrons. The van der Waals surface area contributed by atoms with Gasteiger partial charge in [0.15, 0.2) is 17.2 Å². The van der Waals surface area contributed by atoms with E-state index in [0.717, 1.165) is 5.69 Å². The molecule has 0 unspecified atom stereocenters.